The van der Waals surface area contributed by atoms with Crippen molar-refractivity contribution in [1.82, 2.24) is 5.32 Å². The maximum Gasteiger partial charge on any atom is 0.0462 e. The van der Waals surface area contributed by atoms with E-state index < -0.39 is 0 Å². The van der Waals surface area contributed by atoms with Crippen LogP contribution >= 0.6 is 23.5 Å². The van der Waals surface area contributed by atoms with E-state index >= 15 is 0 Å². The molecule has 0 aliphatic carbocycles. The van der Waals surface area contributed by atoms with E-state index in [2.05, 4.69) is 35.9 Å². The van der Waals surface area contributed by atoms with Gasteiger partial charge < -0.3 is 10.1 Å². The summed E-state index contributed by atoms with van der Waals surface area (Å²) in [6.07, 6.45) is 2.41. The van der Waals surface area contributed by atoms with Gasteiger partial charge in [-0.3, -0.25) is 0 Å². The van der Waals surface area contributed by atoms with Crippen molar-refractivity contribution in [3.05, 3.63) is 0 Å². The Kier molecular flexibility index (Phi) is 7.12. The summed E-state index contributed by atoms with van der Waals surface area (Å²) in [5.74, 6) is 3.95. The fraction of sp³-hybridized carbons (Fsp3) is 1.00. The topological polar surface area (TPSA) is 21.3 Å². The summed E-state index contributed by atoms with van der Waals surface area (Å²) in [6.45, 7) is 0.892. The first-order valence-electron chi connectivity index (χ1n) is 5.24. The van der Waals surface area contributed by atoms with Crippen molar-refractivity contribution >= 4 is 23.5 Å². The van der Waals surface area contributed by atoms with Crippen LogP contribution in [-0.2, 0) is 4.74 Å². The molecule has 14 heavy (non-hydrogen) atoms. The van der Waals surface area contributed by atoms with Crippen molar-refractivity contribution in [1.29, 1.82) is 0 Å². The Morgan fingerprint density at radius 3 is 2.93 bits per heavy atom. The van der Waals surface area contributed by atoms with Crippen molar-refractivity contribution in [3.8, 4) is 0 Å². The molecule has 0 aromatic heterocycles. The number of thioether (sulfide) groups is 2. The number of nitrogens with one attached hydrogen (secondary N) is 1. The Balaban J connectivity index is 2.21. The molecule has 1 heterocycles. The van der Waals surface area contributed by atoms with Gasteiger partial charge >= 0.3 is 0 Å². The van der Waals surface area contributed by atoms with Gasteiger partial charge in [-0.15, -0.1) is 0 Å². The normalized spacial score (nSPS) is 24.9. The van der Waals surface area contributed by atoms with E-state index in [1.807, 2.05) is 0 Å². The van der Waals surface area contributed by atoms with Gasteiger partial charge in [0.05, 0.1) is 0 Å². The molecule has 0 bridgehead atoms. The number of ether oxygens (including phenoxy) is 1. The molecule has 1 saturated heterocycles. The molecule has 0 aromatic carbocycles. The molecule has 1 aliphatic heterocycles. The molecule has 1 N–H and O–H groups in total. The highest BCUT2D eigenvalue weighted by atomic mass is 32.2. The quantitative estimate of drug-likeness (QED) is 0.709. The van der Waals surface area contributed by atoms with Gasteiger partial charge in [-0.1, -0.05) is 0 Å². The lowest BCUT2D eigenvalue weighted by Crippen LogP contribution is -2.39. The number of hydrogen-bond donors (Lipinski definition) is 1. The molecule has 2 nitrogen and oxygen atoms in total. The molecule has 1 aliphatic rings. The molecular formula is C10H21NOS2. The van der Waals surface area contributed by atoms with Gasteiger partial charge in [-0.25, -0.2) is 0 Å². The Labute approximate surface area is 95.9 Å². The van der Waals surface area contributed by atoms with E-state index in [0.717, 1.165) is 11.9 Å². The van der Waals surface area contributed by atoms with Crippen LogP contribution in [0.25, 0.3) is 0 Å². The Morgan fingerprint density at radius 1 is 1.50 bits per heavy atom. The van der Waals surface area contributed by atoms with Gasteiger partial charge in [-0.05, 0) is 19.9 Å². The number of rotatable bonds is 6. The number of hydrogen-bond acceptors (Lipinski definition) is 4. The third kappa shape index (κ3) is 4.43. The van der Waals surface area contributed by atoms with Crippen LogP contribution in [0.15, 0.2) is 0 Å². The SMILES string of the molecule is CNC(CCCOC)C1CSCCS1. The molecule has 1 rings (SSSR count). The summed E-state index contributed by atoms with van der Waals surface area (Å²) in [5, 5.41) is 4.24. The second kappa shape index (κ2) is 7.85. The van der Waals surface area contributed by atoms with Gasteiger partial charge in [-0.2, -0.15) is 23.5 Å². The van der Waals surface area contributed by atoms with Gasteiger partial charge in [0.2, 0.25) is 0 Å². The molecule has 2 atom stereocenters. The third-order valence-electron chi connectivity index (χ3n) is 2.52. The first-order valence-corrected chi connectivity index (χ1v) is 7.44. The van der Waals surface area contributed by atoms with Crippen LogP contribution in [0.5, 0.6) is 0 Å². The summed E-state index contributed by atoms with van der Waals surface area (Å²) >= 11 is 4.22. The zero-order valence-corrected chi connectivity index (χ0v) is 10.8. The summed E-state index contributed by atoms with van der Waals surface area (Å²) < 4.78 is 5.08. The lowest BCUT2D eigenvalue weighted by Gasteiger charge is -2.29. The van der Waals surface area contributed by atoms with E-state index in [0.29, 0.717) is 6.04 Å². The summed E-state index contributed by atoms with van der Waals surface area (Å²) in [6, 6.07) is 0.669. The Bertz CT molecular complexity index is 140. The largest absolute Gasteiger partial charge is 0.385 e. The number of methoxy groups -OCH3 is 1. The van der Waals surface area contributed by atoms with E-state index in [9.17, 15) is 0 Å². The van der Waals surface area contributed by atoms with Crippen molar-refractivity contribution in [3.63, 3.8) is 0 Å². The van der Waals surface area contributed by atoms with Crippen molar-refractivity contribution in [2.75, 3.05) is 38.0 Å². The predicted molar refractivity (Wildman–Crippen MR) is 67.5 cm³/mol. The van der Waals surface area contributed by atoms with Crippen LogP contribution in [-0.4, -0.2) is 49.3 Å². The average molecular weight is 235 g/mol. The van der Waals surface area contributed by atoms with Crippen LogP contribution in [0.3, 0.4) is 0 Å². The van der Waals surface area contributed by atoms with Crippen molar-refractivity contribution < 1.29 is 4.74 Å². The van der Waals surface area contributed by atoms with E-state index in [4.69, 9.17) is 4.74 Å². The maximum absolute atomic E-state index is 5.08. The first-order chi connectivity index (χ1) is 6.88. The molecule has 0 spiro atoms. The molecule has 2 unspecified atom stereocenters. The first kappa shape index (κ1) is 12.7. The minimum absolute atomic E-state index is 0.669. The van der Waals surface area contributed by atoms with Crippen LogP contribution in [0.1, 0.15) is 12.8 Å². The highest BCUT2D eigenvalue weighted by Crippen LogP contribution is 2.27. The molecule has 0 amide bonds. The predicted octanol–water partition coefficient (Wildman–Crippen LogP) is 1.85. The highest BCUT2D eigenvalue weighted by molar-refractivity contribution is 8.06. The minimum Gasteiger partial charge on any atom is -0.385 e. The lowest BCUT2D eigenvalue weighted by atomic mass is 10.1. The van der Waals surface area contributed by atoms with E-state index in [1.165, 1.54) is 30.1 Å². The van der Waals surface area contributed by atoms with Gasteiger partial charge in [0.25, 0.3) is 0 Å². The second-order valence-electron chi connectivity index (χ2n) is 3.51. The molecule has 0 saturated carbocycles. The standard InChI is InChI=1S/C10H21NOS2/c1-11-9(4-3-5-12-2)10-8-13-6-7-14-10/h9-11H,3-8H2,1-2H3. The summed E-state index contributed by atoms with van der Waals surface area (Å²) in [7, 11) is 3.86. The molecule has 84 valence electrons. The summed E-state index contributed by atoms with van der Waals surface area (Å²) in [4.78, 5) is 0. The Morgan fingerprint density at radius 2 is 2.36 bits per heavy atom. The Hall–Kier alpha value is 0.620. The van der Waals surface area contributed by atoms with Crippen LogP contribution in [0.4, 0.5) is 0 Å². The zero-order chi connectivity index (χ0) is 10.2. The van der Waals surface area contributed by atoms with Gasteiger partial charge in [0, 0.05) is 42.3 Å². The minimum atomic E-state index is 0.669. The average Bonchev–Trinajstić information content (AvgIpc) is 2.26. The fourth-order valence-corrected chi connectivity index (χ4v) is 4.67. The van der Waals surface area contributed by atoms with Crippen molar-refractivity contribution in [2.45, 2.75) is 24.1 Å². The smallest absolute Gasteiger partial charge is 0.0462 e. The van der Waals surface area contributed by atoms with E-state index in [1.54, 1.807) is 7.11 Å². The lowest BCUT2D eigenvalue weighted by molar-refractivity contribution is 0.189. The molecule has 4 heteroatoms. The van der Waals surface area contributed by atoms with Gasteiger partial charge in [0.15, 0.2) is 0 Å². The van der Waals surface area contributed by atoms with Gasteiger partial charge in [0.1, 0.15) is 0 Å². The molecular weight excluding hydrogens is 214 g/mol. The van der Waals surface area contributed by atoms with Crippen molar-refractivity contribution in [2.24, 2.45) is 0 Å². The fourth-order valence-electron chi connectivity index (χ4n) is 1.70. The molecule has 0 aromatic rings. The van der Waals surface area contributed by atoms with E-state index in [-0.39, 0.29) is 0 Å². The third-order valence-corrected chi connectivity index (χ3v) is 5.45. The second-order valence-corrected chi connectivity index (χ2v) is 6.01. The van der Waals surface area contributed by atoms with Crippen LogP contribution < -0.4 is 5.32 Å². The monoisotopic (exact) mass is 235 g/mol. The zero-order valence-electron chi connectivity index (χ0n) is 9.12. The maximum atomic E-state index is 5.08. The van der Waals surface area contributed by atoms with Crippen LogP contribution in [0, 0.1) is 0 Å². The molecule has 0 radical (unpaired) electrons. The summed E-state index contributed by atoms with van der Waals surface area (Å²) in [5.41, 5.74) is 0. The van der Waals surface area contributed by atoms with Crippen LogP contribution in [0.2, 0.25) is 0 Å². The highest BCUT2D eigenvalue weighted by Gasteiger charge is 2.22. The molecule has 1 fully saturated rings.